The van der Waals surface area contributed by atoms with E-state index < -0.39 is 30.4 Å². The maximum atomic E-state index is 11.5. The first-order valence-corrected chi connectivity index (χ1v) is 9.11. The Bertz CT molecular complexity index is 367. The average Bonchev–Trinajstić information content (AvgIpc) is 2.51. The van der Waals surface area contributed by atoms with Gasteiger partial charge in [0.2, 0.25) is 6.10 Å². The monoisotopic (exact) mass is 344 g/mol. The Morgan fingerprint density at radius 3 is 1.67 bits per heavy atom. The lowest BCUT2D eigenvalue weighted by atomic mass is 10.1. The number of carbonyl (C=O) groups is 3. The van der Waals surface area contributed by atoms with Crippen LogP contribution in [0.4, 0.5) is 0 Å². The summed E-state index contributed by atoms with van der Waals surface area (Å²) in [7, 11) is 0. The second-order valence-corrected chi connectivity index (χ2v) is 6.20. The van der Waals surface area contributed by atoms with Crippen LogP contribution in [0.3, 0.4) is 0 Å². The highest BCUT2D eigenvalue weighted by molar-refractivity contribution is 5.82. The van der Waals surface area contributed by atoms with Gasteiger partial charge < -0.3 is 14.9 Å². The Balaban J connectivity index is 3.54. The number of carboxylic acids is 2. The summed E-state index contributed by atoms with van der Waals surface area (Å²) in [6.45, 7) is 2.21. The minimum absolute atomic E-state index is 0.139. The molecule has 6 nitrogen and oxygen atoms in total. The van der Waals surface area contributed by atoms with E-state index in [1.807, 2.05) is 0 Å². The molecule has 140 valence electrons. The lowest BCUT2D eigenvalue weighted by Gasteiger charge is -2.11. The van der Waals surface area contributed by atoms with Crippen molar-refractivity contribution in [3.63, 3.8) is 0 Å². The quantitative estimate of drug-likeness (QED) is 0.322. The molecule has 1 atom stereocenters. The standard InChI is InChI=1S/C18H32O6/c1-2-3-4-5-6-7-8-9-10-11-12-13-17(21)24-15(18(22)23)14-16(19)20/h15H,2-14H2,1H3,(H,19,20)(H,22,23). The van der Waals surface area contributed by atoms with Crippen LogP contribution in [-0.2, 0) is 19.1 Å². The van der Waals surface area contributed by atoms with Gasteiger partial charge in [-0.2, -0.15) is 0 Å². The summed E-state index contributed by atoms with van der Waals surface area (Å²) in [5.74, 6) is -3.37. The predicted molar refractivity (Wildman–Crippen MR) is 90.8 cm³/mol. The van der Waals surface area contributed by atoms with Gasteiger partial charge in [0.05, 0.1) is 6.42 Å². The summed E-state index contributed by atoms with van der Waals surface area (Å²) in [6, 6.07) is 0. The van der Waals surface area contributed by atoms with Crippen LogP contribution in [0.1, 0.15) is 90.4 Å². The highest BCUT2D eigenvalue weighted by Gasteiger charge is 2.24. The molecule has 6 heteroatoms. The molecule has 0 heterocycles. The number of carboxylic acid groups (broad SMARTS) is 2. The van der Waals surface area contributed by atoms with E-state index in [1.165, 1.54) is 44.9 Å². The molecule has 0 fully saturated rings. The molecule has 0 radical (unpaired) electrons. The van der Waals surface area contributed by atoms with Crippen LogP contribution in [0.25, 0.3) is 0 Å². The van der Waals surface area contributed by atoms with E-state index in [-0.39, 0.29) is 6.42 Å². The van der Waals surface area contributed by atoms with E-state index in [0.717, 1.165) is 19.3 Å². The molecule has 1 unspecified atom stereocenters. The van der Waals surface area contributed by atoms with Gasteiger partial charge in [-0.15, -0.1) is 0 Å². The van der Waals surface area contributed by atoms with Crippen molar-refractivity contribution >= 4 is 17.9 Å². The number of hydrogen-bond donors (Lipinski definition) is 2. The van der Waals surface area contributed by atoms with Crippen LogP contribution in [0.2, 0.25) is 0 Å². The summed E-state index contributed by atoms with van der Waals surface area (Å²) in [6.07, 6.45) is 10.6. The highest BCUT2D eigenvalue weighted by atomic mass is 16.6. The van der Waals surface area contributed by atoms with Crippen LogP contribution in [0.5, 0.6) is 0 Å². The number of unbranched alkanes of at least 4 members (excludes halogenated alkanes) is 10. The molecule has 0 bridgehead atoms. The van der Waals surface area contributed by atoms with Crippen LogP contribution in [0, 0.1) is 0 Å². The molecule has 0 aliphatic heterocycles. The number of esters is 1. The maximum Gasteiger partial charge on any atom is 0.345 e. The molecule has 0 aromatic rings. The number of carbonyl (C=O) groups excluding carboxylic acids is 1. The van der Waals surface area contributed by atoms with Crippen molar-refractivity contribution in [1.29, 1.82) is 0 Å². The van der Waals surface area contributed by atoms with E-state index >= 15 is 0 Å². The fraction of sp³-hybridized carbons (Fsp3) is 0.833. The van der Waals surface area contributed by atoms with Crippen LogP contribution in [-0.4, -0.2) is 34.2 Å². The minimum Gasteiger partial charge on any atom is -0.481 e. The normalized spacial score (nSPS) is 11.9. The molecule has 0 spiro atoms. The minimum atomic E-state index is -1.59. The van der Waals surface area contributed by atoms with Crippen molar-refractivity contribution in [3.05, 3.63) is 0 Å². The molecule has 24 heavy (non-hydrogen) atoms. The van der Waals surface area contributed by atoms with Gasteiger partial charge in [-0.3, -0.25) is 9.59 Å². The highest BCUT2D eigenvalue weighted by Crippen LogP contribution is 2.12. The first-order valence-electron chi connectivity index (χ1n) is 9.11. The zero-order chi connectivity index (χ0) is 18.2. The summed E-state index contributed by atoms with van der Waals surface area (Å²) in [5, 5.41) is 17.4. The Kier molecular flexibility index (Phi) is 14.0. The fourth-order valence-electron chi connectivity index (χ4n) is 2.49. The Hall–Kier alpha value is -1.59. The Morgan fingerprint density at radius 1 is 0.792 bits per heavy atom. The number of rotatable bonds is 16. The van der Waals surface area contributed by atoms with Crippen molar-refractivity contribution in [1.82, 2.24) is 0 Å². The summed E-state index contributed by atoms with van der Waals surface area (Å²) < 4.78 is 4.70. The van der Waals surface area contributed by atoms with Crippen molar-refractivity contribution in [3.8, 4) is 0 Å². The van der Waals surface area contributed by atoms with Crippen molar-refractivity contribution in [2.75, 3.05) is 0 Å². The molecule has 0 saturated heterocycles. The lowest BCUT2D eigenvalue weighted by molar-refractivity contribution is -0.167. The van der Waals surface area contributed by atoms with Gasteiger partial charge in [0.15, 0.2) is 0 Å². The second kappa shape index (κ2) is 15.0. The Morgan fingerprint density at radius 2 is 1.25 bits per heavy atom. The van der Waals surface area contributed by atoms with Gasteiger partial charge in [0.25, 0.3) is 0 Å². The topological polar surface area (TPSA) is 101 Å². The third-order valence-corrected chi connectivity index (χ3v) is 3.89. The van der Waals surface area contributed by atoms with Gasteiger partial charge in [0.1, 0.15) is 0 Å². The number of hydrogen-bond acceptors (Lipinski definition) is 4. The van der Waals surface area contributed by atoms with Crippen molar-refractivity contribution in [2.45, 2.75) is 96.5 Å². The molecule has 0 saturated carbocycles. The predicted octanol–water partition coefficient (Wildman–Crippen LogP) is 4.16. The molecular weight excluding hydrogens is 312 g/mol. The number of ether oxygens (including phenoxy) is 1. The molecular formula is C18H32O6. The average molecular weight is 344 g/mol. The second-order valence-electron chi connectivity index (χ2n) is 6.20. The molecule has 0 amide bonds. The summed E-state index contributed by atoms with van der Waals surface area (Å²) in [5.41, 5.74) is 0. The van der Waals surface area contributed by atoms with Gasteiger partial charge in [-0.25, -0.2) is 4.79 Å². The smallest absolute Gasteiger partial charge is 0.345 e. The molecule has 0 aromatic carbocycles. The fourth-order valence-corrected chi connectivity index (χ4v) is 2.49. The van der Waals surface area contributed by atoms with E-state index in [2.05, 4.69) is 6.92 Å². The van der Waals surface area contributed by atoms with Crippen molar-refractivity contribution < 1.29 is 29.3 Å². The molecule has 0 rings (SSSR count). The first-order chi connectivity index (χ1) is 11.5. The molecule has 0 aliphatic rings. The maximum absolute atomic E-state index is 11.5. The zero-order valence-corrected chi connectivity index (χ0v) is 14.8. The van der Waals surface area contributed by atoms with Crippen LogP contribution < -0.4 is 0 Å². The molecule has 0 aromatic heterocycles. The zero-order valence-electron chi connectivity index (χ0n) is 14.8. The van der Waals surface area contributed by atoms with E-state index in [4.69, 9.17) is 14.9 Å². The van der Waals surface area contributed by atoms with E-state index in [0.29, 0.717) is 6.42 Å². The third kappa shape index (κ3) is 14.0. The van der Waals surface area contributed by atoms with E-state index in [1.54, 1.807) is 0 Å². The summed E-state index contributed by atoms with van der Waals surface area (Å²) in [4.78, 5) is 32.8. The Labute approximate surface area is 144 Å². The summed E-state index contributed by atoms with van der Waals surface area (Å²) >= 11 is 0. The van der Waals surface area contributed by atoms with Gasteiger partial charge in [0, 0.05) is 6.42 Å². The van der Waals surface area contributed by atoms with E-state index in [9.17, 15) is 14.4 Å². The SMILES string of the molecule is CCCCCCCCCCCCCC(=O)OC(CC(=O)O)C(=O)O. The third-order valence-electron chi connectivity index (χ3n) is 3.89. The first kappa shape index (κ1) is 22.4. The molecule has 2 N–H and O–H groups in total. The van der Waals surface area contributed by atoms with Gasteiger partial charge in [-0.1, -0.05) is 71.1 Å². The molecule has 0 aliphatic carbocycles. The van der Waals surface area contributed by atoms with Gasteiger partial charge in [-0.05, 0) is 6.42 Å². The van der Waals surface area contributed by atoms with Crippen LogP contribution >= 0.6 is 0 Å². The largest absolute Gasteiger partial charge is 0.481 e. The lowest BCUT2D eigenvalue weighted by Crippen LogP contribution is -2.29. The number of aliphatic carboxylic acids is 2. The van der Waals surface area contributed by atoms with Gasteiger partial charge >= 0.3 is 17.9 Å². The van der Waals surface area contributed by atoms with Crippen LogP contribution in [0.15, 0.2) is 0 Å². The van der Waals surface area contributed by atoms with Crippen molar-refractivity contribution in [2.24, 2.45) is 0 Å².